The average Bonchev–Trinajstić information content (AvgIpc) is 3.02. The average molecular weight is 398 g/mol. The van der Waals surface area contributed by atoms with E-state index in [1.165, 1.54) is 12.1 Å². The molecule has 1 aromatic rings. The lowest BCUT2D eigenvalue weighted by Crippen LogP contribution is -2.48. The van der Waals surface area contributed by atoms with Gasteiger partial charge in [0, 0.05) is 19.3 Å². The van der Waals surface area contributed by atoms with Gasteiger partial charge in [-0.1, -0.05) is 17.7 Å². The fourth-order valence-electron chi connectivity index (χ4n) is 4.33. The summed E-state index contributed by atoms with van der Waals surface area (Å²) in [6.45, 7) is 5.53. The minimum absolute atomic E-state index is 0.0571. The number of hydrogen-bond donors (Lipinski definition) is 1. The maximum absolute atomic E-state index is 12.3. The summed E-state index contributed by atoms with van der Waals surface area (Å²) in [6.07, 6.45) is -0.0315. The molecule has 150 valence electrons. The first-order valence-electron chi connectivity index (χ1n) is 9.28. The maximum atomic E-state index is 12.3. The van der Waals surface area contributed by atoms with Crippen molar-refractivity contribution < 1.29 is 31.9 Å². The Balaban J connectivity index is 1.37. The van der Waals surface area contributed by atoms with Crippen molar-refractivity contribution in [3.05, 3.63) is 29.8 Å². The van der Waals surface area contributed by atoms with E-state index in [1.807, 2.05) is 20.8 Å². The fourth-order valence-corrected chi connectivity index (χ4v) is 5.25. The topological polar surface area (TPSA) is 91.3 Å². The predicted octanol–water partition coefficient (Wildman–Crippen LogP) is 1.90. The molecule has 1 N–H and O–H groups in total. The van der Waals surface area contributed by atoms with Crippen molar-refractivity contribution in [1.82, 2.24) is 0 Å². The Hall–Kier alpha value is -1.03. The van der Waals surface area contributed by atoms with Crippen LogP contribution in [0.2, 0.25) is 0 Å². The molecular formula is C19H26O7S. The van der Waals surface area contributed by atoms with Crippen LogP contribution in [0.25, 0.3) is 0 Å². The van der Waals surface area contributed by atoms with Crippen LogP contribution in [0.15, 0.2) is 29.2 Å². The molecule has 1 aromatic carbocycles. The summed E-state index contributed by atoms with van der Waals surface area (Å²) in [4.78, 5) is 0.122. The van der Waals surface area contributed by atoms with Crippen LogP contribution in [-0.4, -0.2) is 55.9 Å². The van der Waals surface area contributed by atoms with E-state index in [9.17, 15) is 13.5 Å². The van der Waals surface area contributed by atoms with E-state index in [4.69, 9.17) is 18.4 Å². The molecule has 0 spiro atoms. The summed E-state index contributed by atoms with van der Waals surface area (Å²) in [5, 5.41) is 11.0. The number of rotatable bonds is 5. The Morgan fingerprint density at radius 1 is 1.15 bits per heavy atom. The first-order valence-corrected chi connectivity index (χ1v) is 10.7. The molecule has 2 aliphatic heterocycles. The molecule has 0 radical (unpaired) electrons. The van der Waals surface area contributed by atoms with E-state index in [0.29, 0.717) is 12.8 Å². The number of ether oxygens (including phenoxy) is 3. The summed E-state index contributed by atoms with van der Waals surface area (Å²) < 4.78 is 47.5. The molecular weight excluding hydrogens is 372 g/mol. The molecule has 7 nitrogen and oxygen atoms in total. The van der Waals surface area contributed by atoms with Crippen LogP contribution in [0, 0.1) is 6.92 Å². The molecule has 27 heavy (non-hydrogen) atoms. The van der Waals surface area contributed by atoms with Gasteiger partial charge in [0.05, 0.1) is 35.4 Å². The standard InChI is InChI=1S/C19H26O7S/c1-12-4-6-13(7-5-12)27(21,22)23-9-8-16-19(20)10-14(24-16)17-15(11-19)25-18(2,3)26-17/h4-7,14-17,20H,8-11H2,1-3H3/t14-,15-,16+,17+,19-/m1/s1. The lowest BCUT2D eigenvalue weighted by molar-refractivity contribution is -0.165. The van der Waals surface area contributed by atoms with Crippen molar-refractivity contribution in [3.63, 3.8) is 0 Å². The van der Waals surface area contributed by atoms with Gasteiger partial charge in [-0.05, 0) is 32.9 Å². The van der Waals surface area contributed by atoms with Crippen LogP contribution in [-0.2, 0) is 28.5 Å². The highest BCUT2D eigenvalue weighted by Gasteiger charge is 2.61. The molecule has 4 rings (SSSR count). The van der Waals surface area contributed by atoms with E-state index < -0.39 is 27.6 Å². The molecule has 1 aliphatic carbocycles. The van der Waals surface area contributed by atoms with Gasteiger partial charge in [0.1, 0.15) is 6.10 Å². The fraction of sp³-hybridized carbons (Fsp3) is 0.684. The first-order chi connectivity index (χ1) is 12.6. The molecule has 1 saturated carbocycles. The molecule has 0 unspecified atom stereocenters. The predicted molar refractivity (Wildman–Crippen MR) is 95.6 cm³/mol. The van der Waals surface area contributed by atoms with E-state index in [2.05, 4.69) is 0 Å². The van der Waals surface area contributed by atoms with Gasteiger partial charge in [0.2, 0.25) is 0 Å². The molecule has 2 heterocycles. The molecule has 5 atom stereocenters. The van der Waals surface area contributed by atoms with Crippen molar-refractivity contribution in [2.24, 2.45) is 0 Å². The summed E-state index contributed by atoms with van der Waals surface area (Å²) in [7, 11) is -3.83. The third kappa shape index (κ3) is 3.66. The molecule has 8 heteroatoms. The first kappa shape index (κ1) is 19.3. The molecule has 2 saturated heterocycles. The highest BCUT2D eigenvalue weighted by atomic mass is 32.2. The highest BCUT2D eigenvalue weighted by Crippen LogP contribution is 2.49. The van der Waals surface area contributed by atoms with Crippen LogP contribution in [0.5, 0.6) is 0 Å². The number of aliphatic hydroxyl groups is 1. The second-order valence-electron chi connectivity index (χ2n) is 8.19. The lowest BCUT2D eigenvalue weighted by atomic mass is 9.79. The van der Waals surface area contributed by atoms with E-state index in [0.717, 1.165) is 5.56 Å². The zero-order valence-corrected chi connectivity index (χ0v) is 16.6. The lowest BCUT2D eigenvalue weighted by Gasteiger charge is -2.34. The minimum atomic E-state index is -3.83. The summed E-state index contributed by atoms with van der Waals surface area (Å²) in [6, 6.07) is 6.49. The van der Waals surface area contributed by atoms with Gasteiger partial charge in [-0.15, -0.1) is 0 Å². The van der Waals surface area contributed by atoms with E-state index >= 15 is 0 Å². The number of benzene rings is 1. The molecule has 2 bridgehead atoms. The smallest absolute Gasteiger partial charge is 0.296 e. The van der Waals surface area contributed by atoms with Crippen molar-refractivity contribution in [3.8, 4) is 0 Å². The summed E-state index contributed by atoms with van der Waals surface area (Å²) in [5.41, 5.74) is -0.0759. The Bertz CT molecular complexity index is 804. The van der Waals surface area contributed by atoms with Gasteiger partial charge >= 0.3 is 0 Å². The van der Waals surface area contributed by atoms with Crippen LogP contribution >= 0.6 is 0 Å². The van der Waals surface area contributed by atoms with Crippen molar-refractivity contribution in [1.29, 1.82) is 0 Å². The van der Waals surface area contributed by atoms with Gasteiger partial charge < -0.3 is 19.3 Å². The summed E-state index contributed by atoms with van der Waals surface area (Å²) >= 11 is 0. The SMILES string of the molecule is Cc1ccc(S(=O)(=O)OCC[C@@H]2O[C@@H]3C[C@@]2(O)C[C@H]2OC(C)(C)O[C@@H]32)cc1. The van der Waals surface area contributed by atoms with Crippen LogP contribution < -0.4 is 0 Å². The second kappa shape index (κ2) is 6.50. The zero-order chi connectivity index (χ0) is 19.4. The number of hydrogen-bond acceptors (Lipinski definition) is 7. The summed E-state index contributed by atoms with van der Waals surface area (Å²) in [5.74, 6) is -0.680. The van der Waals surface area contributed by atoms with Crippen molar-refractivity contribution in [2.45, 2.75) is 80.7 Å². The minimum Gasteiger partial charge on any atom is -0.387 e. The third-order valence-electron chi connectivity index (χ3n) is 5.56. The Morgan fingerprint density at radius 2 is 1.81 bits per heavy atom. The number of aryl methyl sites for hydroxylation is 1. The van der Waals surface area contributed by atoms with Gasteiger partial charge in [-0.25, -0.2) is 0 Å². The normalized spacial score (nSPS) is 37.3. The van der Waals surface area contributed by atoms with E-state index in [1.54, 1.807) is 12.1 Å². The van der Waals surface area contributed by atoms with Gasteiger partial charge in [0.15, 0.2) is 5.79 Å². The van der Waals surface area contributed by atoms with Crippen LogP contribution in [0.4, 0.5) is 0 Å². The Morgan fingerprint density at radius 3 is 2.52 bits per heavy atom. The van der Waals surface area contributed by atoms with Crippen LogP contribution in [0.3, 0.4) is 0 Å². The maximum Gasteiger partial charge on any atom is 0.296 e. The number of fused-ring (bicyclic) bond motifs is 4. The quantitative estimate of drug-likeness (QED) is 0.758. The van der Waals surface area contributed by atoms with Gasteiger partial charge in [-0.3, -0.25) is 4.18 Å². The largest absolute Gasteiger partial charge is 0.387 e. The van der Waals surface area contributed by atoms with Gasteiger partial charge in [0.25, 0.3) is 10.1 Å². The molecule has 3 fully saturated rings. The zero-order valence-electron chi connectivity index (χ0n) is 15.8. The highest BCUT2D eigenvalue weighted by molar-refractivity contribution is 7.86. The van der Waals surface area contributed by atoms with Gasteiger partial charge in [-0.2, -0.15) is 8.42 Å². The van der Waals surface area contributed by atoms with Crippen molar-refractivity contribution >= 4 is 10.1 Å². The van der Waals surface area contributed by atoms with Crippen molar-refractivity contribution in [2.75, 3.05) is 6.61 Å². The molecule has 3 aliphatic rings. The second-order valence-corrected chi connectivity index (χ2v) is 9.81. The monoisotopic (exact) mass is 398 g/mol. The Kier molecular flexibility index (Phi) is 4.65. The Labute approximate surface area is 159 Å². The molecule has 0 amide bonds. The molecule has 0 aromatic heterocycles. The van der Waals surface area contributed by atoms with E-state index in [-0.39, 0.29) is 36.2 Å². The van der Waals surface area contributed by atoms with Crippen LogP contribution in [0.1, 0.15) is 38.7 Å². The third-order valence-corrected chi connectivity index (χ3v) is 6.89.